The van der Waals surface area contributed by atoms with Crippen LogP contribution in [0.3, 0.4) is 0 Å². The van der Waals surface area contributed by atoms with E-state index in [1.165, 1.54) is 6.08 Å². The highest BCUT2D eigenvalue weighted by atomic mass is 16.5. The lowest BCUT2D eigenvalue weighted by molar-refractivity contribution is -0.117. The number of benzene rings is 1. The van der Waals surface area contributed by atoms with Gasteiger partial charge in [-0.25, -0.2) is 0 Å². The lowest BCUT2D eigenvalue weighted by atomic mass is 10.1. The molecule has 128 valence electrons. The summed E-state index contributed by atoms with van der Waals surface area (Å²) in [7, 11) is 0. The second-order valence-corrected chi connectivity index (χ2v) is 5.15. The molecule has 1 heterocycles. The van der Waals surface area contributed by atoms with Gasteiger partial charge >= 0.3 is 0 Å². The van der Waals surface area contributed by atoms with Crippen molar-refractivity contribution < 1.29 is 18.7 Å². The van der Waals surface area contributed by atoms with Gasteiger partial charge < -0.3 is 19.2 Å². The first-order chi connectivity index (χ1) is 11.6. The van der Waals surface area contributed by atoms with Crippen LogP contribution in [0.4, 0.5) is 0 Å². The molecule has 24 heavy (non-hydrogen) atoms. The van der Waals surface area contributed by atoms with Crippen molar-refractivity contribution in [2.24, 2.45) is 0 Å². The van der Waals surface area contributed by atoms with Crippen molar-refractivity contribution in [1.82, 2.24) is 5.32 Å². The summed E-state index contributed by atoms with van der Waals surface area (Å²) >= 11 is 0. The van der Waals surface area contributed by atoms with E-state index in [0.717, 1.165) is 5.56 Å². The fourth-order valence-electron chi connectivity index (χ4n) is 2.23. The summed E-state index contributed by atoms with van der Waals surface area (Å²) in [5.41, 5.74) is 0.946. The van der Waals surface area contributed by atoms with Gasteiger partial charge in [-0.2, -0.15) is 0 Å². The summed E-state index contributed by atoms with van der Waals surface area (Å²) in [5, 5.41) is 2.92. The van der Waals surface area contributed by atoms with Crippen LogP contribution in [0.5, 0.6) is 11.5 Å². The van der Waals surface area contributed by atoms with Gasteiger partial charge in [0.15, 0.2) is 11.5 Å². The third kappa shape index (κ3) is 4.91. The standard InChI is InChI=1S/C19H23NO4/c1-4-22-17-10-8-15(13-18(17)23-5-2)14(3)20-19(21)11-9-16-7-6-12-24-16/h6-14H,4-5H2,1-3H3,(H,20,21)/b11-9+/t14-/m0/s1. The fraction of sp³-hybridized carbons (Fsp3) is 0.316. The average molecular weight is 329 g/mol. The molecule has 1 aromatic carbocycles. The minimum absolute atomic E-state index is 0.159. The SMILES string of the molecule is CCOc1ccc([C@H](C)NC(=O)/C=C/c2ccco2)cc1OCC. The summed E-state index contributed by atoms with van der Waals surface area (Å²) in [5.74, 6) is 1.84. The van der Waals surface area contributed by atoms with Crippen LogP contribution in [-0.4, -0.2) is 19.1 Å². The maximum Gasteiger partial charge on any atom is 0.244 e. The zero-order chi connectivity index (χ0) is 17.4. The monoisotopic (exact) mass is 329 g/mol. The van der Waals surface area contributed by atoms with Crippen LogP contribution in [0.1, 0.15) is 38.1 Å². The van der Waals surface area contributed by atoms with Gasteiger partial charge in [0.2, 0.25) is 5.91 Å². The number of ether oxygens (including phenoxy) is 2. The smallest absolute Gasteiger partial charge is 0.244 e. The van der Waals surface area contributed by atoms with Gasteiger partial charge in [-0.05, 0) is 56.7 Å². The zero-order valence-corrected chi connectivity index (χ0v) is 14.2. The Morgan fingerprint density at radius 3 is 2.62 bits per heavy atom. The first-order valence-electron chi connectivity index (χ1n) is 8.05. The molecule has 0 aliphatic carbocycles. The average Bonchev–Trinajstić information content (AvgIpc) is 3.08. The van der Waals surface area contributed by atoms with Gasteiger partial charge in [0.1, 0.15) is 5.76 Å². The Kier molecular flexibility index (Phi) is 6.49. The van der Waals surface area contributed by atoms with Gasteiger partial charge in [0.05, 0.1) is 25.5 Å². The highest BCUT2D eigenvalue weighted by Gasteiger charge is 2.12. The van der Waals surface area contributed by atoms with Crippen molar-refractivity contribution in [3.8, 4) is 11.5 Å². The van der Waals surface area contributed by atoms with Crippen LogP contribution in [0, 0.1) is 0 Å². The molecule has 0 fully saturated rings. The van der Waals surface area contributed by atoms with Gasteiger partial charge in [0, 0.05) is 6.08 Å². The molecule has 0 aliphatic rings. The van der Waals surface area contributed by atoms with E-state index < -0.39 is 0 Å². The third-order valence-electron chi connectivity index (χ3n) is 3.37. The maximum absolute atomic E-state index is 12.0. The van der Waals surface area contributed by atoms with Crippen LogP contribution in [-0.2, 0) is 4.79 Å². The van der Waals surface area contributed by atoms with E-state index in [-0.39, 0.29) is 11.9 Å². The highest BCUT2D eigenvalue weighted by molar-refractivity contribution is 5.91. The van der Waals surface area contributed by atoms with Crippen LogP contribution in [0.2, 0.25) is 0 Å². The Hall–Kier alpha value is -2.69. The molecule has 1 N–H and O–H groups in total. The molecule has 1 aromatic heterocycles. The number of furan rings is 1. The molecule has 1 amide bonds. The molecule has 2 aromatic rings. The Morgan fingerprint density at radius 1 is 1.21 bits per heavy atom. The van der Waals surface area contributed by atoms with Crippen molar-refractivity contribution in [1.29, 1.82) is 0 Å². The Morgan fingerprint density at radius 2 is 1.96 bits per heavy atom. The van der Waals surface area contributed by atoms with Gasteiger partial charge in [-0.1, -0.05) is 6.07 Å². The van der Waals surface area contributed by atoms with Crippen molar-refractivity contribution in [3.63, 3.8) is 0 Å². The van der Waals surface area contributed by atoms with E-state index in [2.05, 4.69) is 5.32 Å². The van der Waals surface area contributed by atoms with Crippen molar-refractivity contribution in [2.45, 2.75) is 26.8 Å². The molecule has 0 saturated carbocycles. The molecule has 0 bridgehead atoms. The van der Waals surface area contributed by atoms with Crippen molar-refractivity contribution in [3.05, 3.63) is 54.0 Å². The largest absolute Gasteiger partial charge is 0.490 e. The number of amides is 1. The minimum atomic E-state index is -0.189. The van der Waals surface area contributed by atoms with E-state index in [4.69, 9.17) is 13.9 Å². The lowest BCUT2D eigenvalue weighted by Crippen LogP contribution is -2.24. The summed E-state index contributed by atoms with van der Waals surface area (Å²) in [6, 6.07) is 9.09. The van der Waals surface area contributed by atoms with Crippen LogP contribution in [0.25, 0.3) is 6.08 Å². The first kappa shape index (κ1) is 17.7. The molecule has 2 rings (SSSR count). The lowest BCUT2D eigenvalue weighted by Gasteiger charge is -2.16. The summed E-state index contributed by atoms with van der Waals surface area (Å²) < 4.78 is 16.3. The van der Waals surface area contributed by atoms with Gasteiger partial charge in [-0.15, -0.1) is 0 Å². The normalized spacial score (nSPS) is 12.1. The number of nitrogens with one attached hydrogen (secondary N) is 1. The first-order valence-corrected chi connectivity index (χ1v) is 8.05. The summed E-state index contributed by atoms with van der Waals surface area (Å²) in [6.45, 7) is 6.90. The van der Waals surface area contributed by atoms with Crippen LogP contribution < -0.4 is 14.8 Å². The minimum Gasteiger partial charge on any atom is -0.490 e. The Bertz CT molecular complexity index is 677. The number of carbonyl (C=O) groups excluding carboxylic acids is 1. The van der Waals surface area contributed by atoms with E-state index in [1.54, 1.807) is 24.5 Å². The summed E-state index contributed by atoms with van der Waals surface area (Å²) in [6.07, 6.45) is 4.65. The zero-order valence-electron chi connectivity index (χ0n) is 14.2. The predicted octanol–water partition coefficient (Wildman–Crippen LogP) is 3.97. The van der Waals surface area contributed by atoms with Gasteiger partial charge in [0.25, 0.3) is 0 Å². The molecule has 5 nitrogen and oxygen atoms in total. The molecule has 0 saturated heterocycles. The molecular weight excluding hydrogens is 306 g/mol. The van der Waals surface area contributed by atoms with E-state index in [1.807, 2.05) is 39.0 Å². The number of rotatable bonds is 8. The second-order valence-electron chi connectivity index (χ2n) is 5.15. The van der Waals surface area contributed by atoms with Crippen molar-refractivity contribution in [2.75, 3.05) is 13.2 Å². The number of hydrogen-bond donors (Lipinski definition) is 1. The van der Waals surface area contributed by atoms with Crippen molar-refractivity contribution >= 4 is 12.0 Å². The quantitative estimate of drug-likeness (QED) is 0.745. The van der Waals surface area contributed by atoms with E-state index in [0.29, 0.717) is 30.5 Å². The number of hydrogen-bond acceptors (Lipinski definition) is 4. The van der Waals surface area contributed by atoms with E-state index >= 15 is 0 Å². The molecule has 0 radical (unpaired) electrons. The Balaban J connectivity index is 2.04. The van der Waals surface area contributed by atoms with E-state index in [9.17, 15) is 4.79 Å². The second kappa shape index (κ2) is 8.82. The Labute approximate surface area is 142 Å². The highest BCUT2D eigenvalue weighted by Crippen LogP contribution is 2.30. The molecule has 5 heteroatoms. The molecule has 0 spiro atoms. The predicted molar refractivity (Wildman–Crippen MR) is 93.1 cm³/mol. The topological polar surface area (TPSA) is 60.7 Å². The maximum atomic E-state index is 12.0. The fourth-order valence-corrected chi connectivity index (χ4v) is 2.23. The van der Waals surface area contributed by atoms with Crippen LogP contribution in [0.15, 0.2) is 47.1 Å². The molecule has 0 aliphatic heterocycles. The van der Waals surface area contributed by atoms with Crippen LogP contribution >= 0.6 is 0 Å². The van der Waals surface area contributed by atoms with Gasteiger partial charge in [-0.3, -0.25) is 4.79 Å². The molecule has 0 unspecified atom stereocenters. The number of carbonyl (C=O) groups is 1. The third-order valence-corrected chi connectivity index (χ3v) is 3.37. The molecular formula is C19H23NO4. The molecule has 1 atom stereocenters. The summed E-state index contributed by atoms with van der Waals surface area (Å²) in [4.78, 5) is 12.0.